The van der Waals surface area contributed by atoms with E-state index in [1.54, 1.807) is 12.1 Å². The van der Waals surface area contributed by atoms with E-state index in [2.05, 4.69) is 4.98 Å². The van der Waals surface area contributed by atoms with Crippen LogP contribution in [0.15, 0.2) is 42.5 Å². The highest BCUT2D eigenvalue weighted by Gasteiger charge is 2.81. The van der Waals surface area contributed by atoms with Crippen molar-refractivity contribution in [2.45, 2.75) is 31.6 Å². The number of rotatable bonds is 3. The van der Waals surface area contributed by atoms with Crippen LogP contribution >= 0.6 is 0 Å². The standard InChI is InChI=1S/C19H21F2N3O2S/c1-13-5-2-3-6-14(13)15-7-4-8-16(23-15)17-18(19(17,20)21)9-11-24(12-10-18)27(22,25)26/h2-8,17H,9-12H2,1H3,(H2,22,25,26). The number of aryl methyl sites for hydroxylation is 1. The minimum Gasteiger partial charge on any atom is -0.252 e. The number of piperidine rings is 1. The van der Waals surface area contributed by atoms with Gasteiger partial charge in [0.15, 0.2) is 0 Å². The molecule has 1 unspecified atom stereocenters. The zero-order chi connectivity index (χ0) is 19.4. The molecule has 2 fully saturated rings. The maximum atomic E-state index is 14.8. The average molecular weight is 393 g/mol. The number of halogens is 2. The van der Waals surface area contributed by atoms with Crippen LogP contribution in [0.25, 0.3) is 11.3 Å². The van der Waals surface area contributed by atoms with Crippen molar-refractivity contribution in [3.8, 4) is 11.3 Å². The second kappa shape index (κ2) is 6.05. The van der Waals surface area contributed by atoms with E-state index in [4.69, 9.17) is 5.14 Å². The van der Waals surface area contributed by atoms with Gasteiger partial charge < -0.3 is 0 Å². The monoisotopic (exact) mass is 393 g/mol. The van der Waals surface area contributed by atoms with Gasteiger partial charge in [0.1, 0.15) is 0 Å². The molecule has 2 N–H and O–H groups in total. The van der Waals surface area contributed by atoms with Gasteiger partial charge in [-0.05, 0) is 37.5 Å². The summed E-state index contributed by atoms with van der Waals surface area (Å²) >= 11 is 0. The van der Waals surface area contributed by atoms with E-state index in [0.29, 0.717) is 11.4 Å². The van der Waals surface area contributed by atoms with Crippen molar-refractivity contribution in [3.05, 3.63) is 53.7 Å². The van der Waals surface area contributed by atoms with Crippen molar-refractivity contribution in [3.63, 3.8) is 0 Å². The normalized spacial score (nSPS) is 24.1. The molecule has 4 rings (SSSR count). The van der Waals surface area contributed by atoms with Gasteiger partial charge in [0.05, 0.1) is 22.7 Å². The summed E-state index contributed by atoms with van der Waals surface area (Å²) in [5.74, 6) is -3.88. The predicted octanol–water partition coefficient (Wildman–Crippen LogP) is 3.08. The van der Waals surface area contributed by atoms with Crippen molar-refractivity contribution in [2.24, 2.45) is 10.6 Å². The van der Waals surface area contributed by atoms with Crippen LogP contribution < -0.4 is 5.14 Å². The Morgan fingerprint density at radius 2 is 1.78 bits per heavy atom. The van der Waals surface area contributed by atoms with Crippen LogP contribution in [0, 0.1) is 12.3 Å². The smallest absolute Gasteiger partial charge is 0.252 e. The molecule has 144 valence electrons. The molecule has 27 heavy (non-hydrogen) atoms. The highest BCUT2D eigenvalue weighted by atomic mass is 32.2. The third kappa shape index (κ3) is 2.86. The molecule has 8 heteroatoms. The van der Waals surface area contributed by atoms with Gasteiger partial charge in [0, 0.05) is 18.7 Å². The lowest BCUT2D eigenvalue weighted by atomic mass is 9.90. The lowest BCUT2D eigenvalue weighted by Crippen LogP contribution is -2.43. The number of alkyl halides is 2. The Labute approximate surface area is 157 Å². The highest BCUT2D eigenvalue weighted by Crippen LogP contribution is 2.75. The zero-order valence-electron chi connectivity index (χ0n) is 14.9. The molecule has 2 heterocycles. The maximum absolute atomic E-state index is 14.8. The van der Waals surface area contributed by atoms with E-state index in [1.807, 2.05) is 37.3 Å². The summed E-state index contributed by atoms with van der Waals surface area (Å²) < 4.78 is 53.6. The molecule has 1 saturated carbocycles. The van der Waals surface area contributed by atoms with Gasteiger partial charge >= 0.3 is 0 Å². The lowest BCUT2D eigenvalue weighted by molar-refractivity contribution is 0.0412. The summed E-state index contributed by atoms with van der Waals surface area (Å²) in [6.07, 6.45) is 0.161. The maximum Gasteiger partial charge on any atom is 0.276 e. The number of pyridine rings is 1. The van der Waals surface area contributed by atoms with Gasteiger partial charge in [-0.25, -0.2) is 13.9 Å². The van der Waals surface area contributed by atoms with Crippen molar-refractivity contribution in [1.29, 1.82) is 0 Å². The average Bonchev–Trinajstić information content (AvgIpc) is 3.08. The summed E-state index contributed by atoms with van der Waals surface area (Å²) in [6.45, 7) is 1.99. The first-order chi connectivity index (χ1) is 12.7. The molecule has 1 aromatic carbocycles. The van der Waals surface area contributed by atoms with Crippen LogP contribution in [-0.4, -0.2) is 36.7 Å². The Morgan fingerprint density at radius 3 is 2.41 bits per heavy atom. The first kappa shape index (κ1) is 18.5. The molecule has 1 aliphatic carbocycles. The highest BCUT2D eigenvalue weighted by molar-refractivity contribution is 7.86. The molecule has 0 radical (unpaired) electrons. The Hall–Kier alpha value is -1.90. The van der Waals surface area contributed by atoms with Crippen molar-refractivity contribution < 1.29 is 17.2 Å². The van der Waals surface area contributed by atoms with E-state index < -0.39 is 27.5 Å². The SMILES string of the molecule is Cc1ccccc1-c1cccc(C2C(F)(F)C23CCN(S(N)(=O)=O)CC3)n1. The van der Waals surface area contributed by atoms with Crippen molar-refractivity contribution >= 4 is 10.2 Å². The van der Waals surface area contributed by atoms with Gasteiger partial charge in [-0.2, -0.15) is 12.7 Å². The molecule has 1 aliphatic heterocycles. The molecular weight excluding hydrogens is 372 g/mol. The fraction of sp³-hybridized carbons (Fsp3) is 0.421. The predicted molar refractivity (Wildman–Crippen MR) is 98.4 cm³/mol. The summed E-state index contributed by atoms with van der Waals surface area (Å²) in [5.41, 5.74) is 1.75. The van der Waals surface area contributed by atoms with Gasteiger partial charge in [-0.15, -0.1) is 0 Å². The second-order valence-electron chi connectivity index (χ2n) is 7.42. The molecule has 1 atom stereocenters. The van der Waals surface area contributed by atoms with E-state index in [9.17, 15) is 17.2 Å². The largest absolute Gasteiger partial charge is 0.276 e. The fourth-order valence-electron chi connectivity index (χ4n) is 4.36. The first-order valence-corrected chi connectivity index (χ1v) is 10.4. The van der Waals surface area contributed by atoms with E-state index in [-0.39, 0.29) is 25.9 Å². The number of hydrogen-bond donors (Lipinski definition) is 1. The van der Waals surface area contributed by atoms with Gasteiger partial charge in [-0.1, -0.05) is 30.3 Å². The zero-order valence-corrected chi connectivity index (χ0v) is 15.7. The number of hydrogen-bond acceptors (Lipinski definition) is 3. The number of nitrogens with two attached hydrogens (primary N) is 1. The van der Waals surface area contributed by atoms with Gasteiger partial charge in [-0.3, -0.25) is 4.98 Å². The van der Waals surface area contributed by atoms with Crippen LogP contribution in [0.3, 0.4) is 0 Å². The van der Waals surface area contributed by atoms with E-state index in [0.717, 1.165) is 15.4 Å². The van der Waals surface area contributed by atoms with Crippen LogP contribution in [0.2, 0.25) is 0 Å². The lowest BCUT2D eigenvalue weighted by Gasteiger charge is -2.30. The minimum absolute atomic E-state index is 0.0163. The van der Waals surface area contributed by atoms with Crippen molar-refractivity contribution in [1.82, 2.24) is 9.29 Å². The van der Waals surface area contributed by atoms with Gasteiger partial charge in [0.25, 0.3) is 16.1 Å². The summed E-state index contributed by atoms with van der Waals surface area (Å²) in [6, 6.07) is 12.9. The Morgan fingerprint density at radius 1 is 1.11 bits per heavy atom. The number of benzene rings is 1. The summed E-state index contributed by atoms with van der Waals surface area (Å²) in [7, 11) is -3.84. The molecule has 2 aromatic rings. The quantitative estimate of drug-likeness (QED) is 0.871. The number of aromatic nitrogens is 1. The minimum atomic E-state index is -3.84. The topological polar surface area (TPSA) is 76.3 Å². The Balaban J connectivity index is 1.63. The number of nitrogens with zero attached hydrogens (tertiary/aromatic N) is 2. The Kier molecular flexibility index (Phi) is 4.14. The molecule has 0 amide bonds. The molecule has 2 aliphatic rings. The van der Waals surface area contributed by atoms with Crippen molar-refractivity contribution in [2.75, 3.05) is 13.1 Å². The fourth-order valence-corrected chi connectivity index (χ4v) is 5.05. The molecule has 0 bridgehead atoms. The molecule has 1 spiro atoms. The van der Waals surface area contributed by atoms with E-state index in [1.165, 1.54) is 0 Å². The van der Waals surface area contributed by atoms with E-state index >= 15 is 0 Å². The van der Waals surface area contributed by atoms with Crippen LogP contribution in [0.1, 0.15) is 30.0 Å². The third-order valence-electron chi connectivity index (χ3n) is 5.96. The summed E-state index contributed by atoms with van der Waals surface area (Å²) in [4.78, 5) is 4.54. The summed E-state index contributed by atoms with van der Waals surface area (Å²) in [5, 5.41) is 5.13. The second-order valence-corrected chi connectivity index (χ2v) is 8.97. The Bertz CT molecular complexity index is 986. The third-order valence-corrected chi connectivity index (χ3v) is 7.04. The van der Waals surface area contributed by atoms with Gasteiger partial charge in [0.2, 0.25) is 0 Å². The molecule has 1 saturated heterocycles. The molecule has 5 nitrogen and oxygen atoms in total. The molecule has 1 aromatic heterocycles. The van der Waals surface area contributed by atoms with Crippen LogP contribution in [0.5, 0.6) is 0 Å². The molecular formula is C19H21F2N3O2S. The van der Waals surface area contributed by atoms with Crippen LogP contribution in [0.4, 0.5) is 8.78 Å². The van der Waals surface area contributed by atoms with Crippen LogP contribution in [-0.2, 0) is 10.2 Å². The first-order valence-electron chi connectivity index (χ1n) is 8.85.